The van der Waals surface area contributed by atoms with Crippen LogP contribution in [0.3, 0.4) is 0 Å². The highest BCUT2D eigenvalue weighted by Gasteiger charge is 2.23. The molecule has 0 aliphatic carbocycles. The molecule has 0 radical (unpaired) electrons. The van der Waals surface area contributed by atoms with E-state index in [0.29, 0.717) is 13.0 Å². The van der Waals surface area contributed by atoms with Gasteiger partial charge in [0.25, 0.3) is 0 Å². The van der Waals surface area contributed by atoms with Crippen molar-refractivity contribution in [1.29, 1.82) is 0 Å². The topological polar surface area (TPSA) is 38.8 Å². The van der Waals surface area contributed by atoms with Crippen LogP contribution in [0.5, 0.6) is 0 Å². The predicted octanol–water partition coefficient (Wildman–Crippen LogP) is 2.27. The normalized spacial score (nSPS) is 20.9. The summed E-state index contributed by atoms with van der Waals surface area (Å²) >= 11 is 5.23. The number of thiophene rings is 1. The lowest BCUT2D eigenvalue weighted by atomic mass is 10.2. The average molecular weight is 334 g/mol. The highest BCUT2D eigenvalue weighted by atomic mass is 79.9. The van der Waals surface area contributed by atoms with Gasteiger partial charge in [-0.05, 0) is 26.9 Å². The molecule has 1 aromatic rings. The molecule has 4 nitrogen and oxygen atoms in total. The van der Waals surface area contributed by atoms with Gasteiger partial charge in [0.2, 0.25) is 0 Å². The van der Waals surface area contributed by atoms with Crippen LogP contribution in [0.1, 0.15) is 12.0 Å². The Bertz CT molecular complexity index is 410. The zero-order valence-corrected chi connectivity index (χ0v) is 12.6. The minimum atomic E-state index is -0.210. The molecule has 0 N–H and O–H groups in total. The van der Waals surface area contributed by atoms with Crippen LogP contribution in [-0.4, -0.2) is 43.8 Å². The molecule has 0 spiro atoms. The lowest BCUT2D eigenvalue weighted by molar-refractivity contribution is -0.145. The molecule has 1 saturated heterocycles. The van der Waals surface area contributed by atoms with Crippen LogP contribution < -0.4 is 0 Å². The monoisotopic (exact) mass is 333 g/mol. The molecule has 0 amide bonds. The van der Waals surface area contributed by atoms with Gasteiger partial charge >= 0.3 is 5.97 Å². The Balaban J connectivity index is 1.87. The second-order valence-electron chi connectivity index (χ2n) is 4.25. The first kappa shape index (κ1) is 14.0. The summed E-state index contributed by atoms with van der Waals surface area (Å²) in [4.78, 5) is 13.5. The molecule has 1 fully saturated rings. The van der Waals surface area contributed by atoms with Crippen LogP contribution in [-0.2, 0) is 20.8 Å². The van der Waals surface area contributed by atoms with Crippen LogP contribution in [0.25, 0.3) is 0 Å². The van der Waals surface area contributed by atoms with Crippen molar-refractivity contribution in [3.8, 4) is 0 Å². The summed E-state index contributed by atoms with van der Waals surface area (Å²) in [5.41, 5.74) is 1.29. The van der Waals surface area contributed by atoms with Gasteiger partial charge in [0.1, 0.15) is 0 Å². The second kappa shape index (κ2) is 6.65. The van der Waals surface area contributed by atoms with Crippen molar-refractivity contribution in [2.75, 3.05) is 26.8 Å². The molecule has 0 aromatic carbocycles. The van der Waals surface area contributed by atoms with Crippen LogP contribution in [0.15, 0.2) is 15.2 Å². The molecule has 1 aliphatic heterocycles. The Kier molecular flexibility index (Phi) is 5.17. The number of carbonyl (C=O) groups excluding carboxylic acids is 1. The Morgan fingerprint density at radius 1 is 1.67 bits per heavy atom. The molecule has 0 unspecified atom stereocenters. The molecule has 100 valence electrons. The standard InChI is InChI=1S/C12H16BrNO3S/c1-16-12(15)4-10-6-14(2-3-17-10)5-9-7-18-8-11(9)13/h7-8,10H,2-6H2,1H3/t10-/m1/s1. The maximum atomic E-state index is 11.2. The van der Waals surface area contributed by atoms with Crippen molar-refractivity contribution in [1.82, 2.24) is 4.90 Å². The zero-order chi connectivity index (χ0) is 13.0. The zero-order valence-electron chi connectivity index (χ0n) is 10.2. The number of nitrogens with zero attached hydrogens (tertiary/aromatic N) is 1. The lowest BCUT2D eigenvalue weighted by Gasteiger charge is -2.32. The van der Waals surface area contributed by atoms with E-state index in [2.05, 4.69) is 36.3 Å². The van der Waals surface area contributed by atoms with E-state index in [0.717, 1.165) is 24.1 Å². The number of morpholine rings is 1. The number of halogens is 1. The first-order valence-electron chi connectivity index (χ1n) is 5.80. The Morgan fingerprint density at radius 3 is 3.17 bits per heavy atom. The summed E-state index contributed by atoms with van der Waals surface area (Å²) in [6.07, 6.45) is 0.279. The summed E-state index contributed by atoms with van der Waals surface area (Å²) in [7, 11) is 1.41. The molecule has 2 rings (SSSR count). The number of hydrogen-bond donors (Lipinski definition) is 0. The smallest absolute Gasteiger partial charge is 0.308 e. The van der Waals surface area contributed by atoms with E-state index in [-0.39, 0.29) is 12.1 Å². The van der Waals surface area contributed by atoms with Crippen molar-refractivity contribution < 1.29 is 14.3 Å². The summed E-state index contributed by atoms with van der Waals surface area (Å²) in [5.74, 6) is -0.210. The quantitative estimate of drug-likeness (QED) is 0.792. The number of carbonyl (C=O) groups is 1. The van der Waals surface area contributed by atoms with Crippen LogP contribution in [0.2, 0.25) is 0 Å². The average Bonchev–Trinajstić information content (AvgIpc) is 2.75. The Morgan fingerprint density at radius 2 is 2.50 bits per heavy atom. The van der Waals surface area contributed by atoms with Crippen molar-refractivity contribution >= 4 is 33.2 Å². The van der Waals surface area contributed by atoms with Crippen molar-refractivity contribution in [3.05, 3.63) is 20.8 Å². The van der Waals surface area contributed by atoms with Crippen molar-refractivity contribution in [2.45, 2.75) is 19.1 Å². The minimum absolute atomic E-state index is 0.0522. The van der Waals surface area contributed by atoms with Gasteiger partial charge < -0.3 is 9.47 Å². The molecule has 1 atom stereocenters. The van der Waals surface area contributed by atoms with Crippen molar-refractivity contribution in [2.24, 2.45) is 0 Å². The fourth-order valence-corrected chi connectivity index (χ4v) is 3.40. The molecule has 0 bridgehead atoms. The summed E-state index contributed by atoms with van der Waals surface area (Å²) in [6.45, 7) is 3.24. The SMILES string of the molecule is COC(=O)C[C@@H]1CN(Cc2cscc2Br)CCO1. The maximum Gasteiger partial charge on any atom is 0.308 e. The fraction of sp³-hybridized carbons (Fsp3) is 0.583. The third-order valence-electron chi connectivity index (χ3n) is 2.93. The third-order valence-corrected chi connectivity index (χ3v) is 4.76. The van der Waals surface area contributed by atoms with E-state index < -0.39 is 0 Å². The van der Waals surface area contributed by atoms with Gasteiger partial charge in [0.15, 0.2) is 0 Å². The lowest BCUT2D eigenvalue weighted by Crippen LogP contribution is -2.42. The number of esters is 1. The number of methoxy groups -OCH3 is 1. The second-order valence-corrected chi connectivity index (χ2v) is 5.85. The summed E-state index contributed by atoms with van der Waals surface area (Å²) in [5, 5.41) is 4.23. The molecular formula is C12H16BrNO3S. The predicted molar refractivity (Wildman–Crippen MR) is 73.7 cm³/mol. The van der Waals surface area contributed by atoms with E-state index >= 15 is 0 Å². The first-order chi connectivity index (χ1) is 8.69. The van der Waals surface area contributed by atoms with E-state index in [1.54, 1.807) is 11.3 Å². The number of ether oxygens (including phenoxy) is 2. The van der Waals surface area contributed by atoms with Crippen molar-refractivity contribution in [3.63, 3.8) is 0 Å². The minimum Gasteiger partial charge on any atom is -0.469 e. The molecule has 18 heavy (non-hydrogen) atoms. The molecule has 1 aliphatic rings. The van der Waals surface area contributed by atoms with E-state index in [1.165, 1.54) is 12.7 Å². The van der Waals surface area contributed by atoms with E-state index in [1.807, 2.05) is 0 Å². The van der Waals surface area contributed by atoms with Gasteiger partial charge in [-0.1, -0.05) is 0 Å². The summed E-state index contributed by atoms with van der Waals surface area (Å²) in [6, 6.07) is 0. The van der Waals surface area contributed by atoms with Crippen LogP contribution >= 0.6 is 27.3 Å². The van der Waals surface area contributed by atoms with Gasteiger partial charge in [-0.2, -0.15) is 11.3 Å². The van der Waals surface area contributed by atoms with E-state index in [9.17, 15) is 4.79 Å². The van der Waals surface area contributed by atoms with Gasteiger partial charge in [0, 0.05) is 29.5 Å². The molecule has 0 saturated carbocycles. The Hall–Kier alpha value is -0.430. The Labute approximate surface area is 119 Å². The molecule has 1 aromatic heterocycles. The maximum absolute atomic E-state index is 11.2. The van der Waals surface area contributed by atoms with Crippen LogP contribution in [0.4, 0.5) is 0 Å². The molecular weight excluding hydrogens is 318 g/mol. The van der Waals surface area contributed by atoms with Gasteiger partial charge in [-0.15, -0.1) is 0 Å². The van der Waals surface area contributed by atoms with Gasteiger partial charge in [-0.25, -0.2) is 0 Å². The highest BCUT2D eigenvalue weighted by Crippen LogP contribution is 2.23. The van der Waals surface area contributed by atoms with Gasteiger partial charge in [0.05, 0.1) is 26.2 Å². The largest absolute Gasteiger partial charge is 0.469 e. The van der Waals surface area contributed by atoms with Gasteiger partial charge in [-0.3, -0.25) is 9.69 Å². The third kappa shape index (κ3) is 3.78. The van der Waals surface area contributed by atoms with E-state index in [4.69, 9.17) is 4.74 Å². The fourth-order valence-electron chi connectivity index (χ4n) is 1.98. The highest BCUT2D eigenvalue weighted by molar-refractivity contribution is 9.10. The number of hydrogen-bond acceptors (Lipinski definition) is 5. The van der Waals surface area contributed by atoms with Crippen LogP contribution in [0, 0.1) is 0 Å². The summed E-state index contributed by atoms with van der Waals surface area (Å²) < 4.78 is 11.4. The molecule has 6 heteroatoms. The number of rotatable bonds is 4. The molecule has 2 heterocycles. The first-order valence-corrected chi connectivity index (χ1v) is 7.54.